The van der Waals surface area contributed by atoms with Crippen molar-refractivity contribution in [1.82, 2.24) is 0 Å². The lowest BCUT2D eigenvalue weighted by Gasteiger charge is -2.63. The van der Waals surface area contributed by atoms with E-state index in [-0.39, 0.29) is 18.8 Å². The summed E-state index contributed by atoms with van der Waals surface area (Å²) in [5.41, 5.74) is -2.10. The predicted molar refractivity (Wildman–Crippen MR) is 72.2 cm³/mol. The van der Waals surface area contributed by atoms with Gasteiger partial charge in [0.1, 0.15) is 17.0 Å². The SMILES string of the molecule is CC(C=CC12OCC1(O)CC(=O)CC2(C)C)=CC(=O)O. The van der Waals surface area contributed by atoms with Gasteiger partial charge in [0.25, 0.3) is 0 Å². The largest absolute Gasteiger partial charge is 0.478 e. The van der Waals surface area contributed by atoms with E-state index < -0.39 is 22.6 Å². The maximum Gasteiger partial charge on any atom is 0.328 e. The number of rotatable bonds is 3. The van der Waals surface area contributed by atoms with E-state index in [0.717, 1.165) is 6.08 Å². The second-order valence-electron chi connectivity index (χ2n) is 6.39. The van der Waals surface area contributed by atoms with E-state index in [4.69, 9.17) is 9.84 Å². The molecule has 0 radical (unpaired) electrons. The number of ketones is 1. The Morgan fingerprint density at radius 1 is 1.35 bits per heavy atom. The van der Waals surface area contributed by atoms with Crippen LogP contribution in [0.15, 0.2) is 23.8 Å². The molecule has 1 aliphatic carbocycles. The fraction of sp³-hybridized carbons (Fsp3) is 0.600. The van der Waals surface area contributed by atoms with Gasteiger partial charge in [-0.2, -0.15) is 0 Å². The zero-order valence-corrected chi connectivity index (χ0v) is 12.0. The van der Waals surface area contributed by atoms with Crippen LogP contribution in [0.2, 0.25) is 0 Å². The number of carboxylic acid groups (broad SMARTS) is 1. The molecule has 5 nitrogen and oxygen atoms in total. The lowest BCUT2D eigenvalue weighted by atomic mass is 9.54. The standard InChI is InChI=1S/C15H20O5/c1-10(6-12(17)18)4-5-15-13(2,3)7-11(16)8-14(15,19)9-20-15/h4-6,19H,7-9H2,1-3H3,(H,17,18). The Kier molecular flexibility index (Phi) is 3.38. The Bertz CT molecular complexity index is 499. The van der Waals surface area contributed by atoms with E-state index in [1.807, 2.05) is 13.8 Å². The van der Waals surface area contributed by atoms with Crippen LogP contribution in [0, 0.1) is 5.41 Å². The lowest BCUT2D eigenvalue weighted by molar-refractivity contribution is -0.327. The minimum absolute atomic E-state index is 0.0302. The number of Topliss-reactive ketones (excluding diaryl/α,β-unsaturated/α-hetero) is 1. The van der Waals surface area contributed by atoms with Crippen molar-refractivity contribution >= 4 is 11.8 Å². The van der Waals surface area contributed by atoms with Gasteiger partial charge in [-0.25, -0.2) is 4.79 Å². The molecule has 0 aromatic rings. The first kappa shape index (κ1) is 14.9. The minimum Gasteiger partial charge on any atom is -0.478 e. The molecule has 20 heavy (non-hydrogen) atoms. The smallest absolute Gasteiger partial charge is 0.328 e. The minimum atomic E-state index is -1.19. The van der Waals surface area contributed by atoms with Gasteiger partial charge in [-0.3, -0.25) is 4.79 Å². The maximum atomic E-state index is 11.8. The second-order valence-corrected chi connectivity index (χ2v) is 6.39. The number of hydrogen-bond donors (Lipinski definition) is 2. The van der Waals surface area contributed by atoms with Crippen molar-refractivity contribution in [2.75, 3.05) is 6.61 Å². The summed E-state index contributed by atoms with van der Waals surface area (Å²) in [4.78, 5) is 22.4. The monoisotopic (exact) mass is 280 g/mol. The van der Waals surface area contributed by atoms with Crippen molar-refractivity contribution in [3.63, 3.8) is 0 Å². The average Bonchev–Trinajstić information content (AvgIpc) is 2.24. The van der Waals surface area contributed by atoms with E-state index >= 15 is 0 Å². The Hall–Kier alpha value is -1.46. The van der Waals surface area contributed by atoms with Crippen LogP contribution in [0.4, 0.5) is 0 Å². The normalized spacial score (nSPS) is 36.6. The Labute approximate surface area is 117 Å². The molecule has 2 N–H and O–H groups in total. The molecule has 2 atom stereocenters. The summed E-state index contributed by atoms with van der Waals surface area (Å²) >= 11 is 0. The third-order valence-electron chi connectivity index (χ3n) is 4.30. The number of carbonyl (C=O) groups is 2. The summed E-state index contributed by atoms with van der Waals surface area (Å²) in [6, 6.07) is 0. The number of fused-ring (bicyclic) bond motifs is 1. The van der Waals surface area contributed by atoms with E-state index in [9.17, 15) is 14.7 Å². The van der Waals surface area contributed by atoms with Crippen molar-refractivity contribution in [3.05, 3.63) is 23.8 Å². The summed E-state index contributed by atoms with van der Waals surface area (Å²) < 4.78 is 5.68. The van der Waals surface area contributed by atoms with Crippen LogP contribution >= 0.6 is 0 Å². The predicted octanol–water partition coefficient (Wildman–Crippen LogP) is 1.46. The highest BCUT2D eigenvalue weighted by Crippen LogP contribution is 2.57. The molecule has 2 unspecified atom stereocenters. The summed E-state index contributed by atoms with van der Waals surface area (Å²) in [5.74, 6) is -0.991. The van der Waals surface area contributed by atoms with Crippen LogP contribution in [0.5, 0.6) is 0 Å². The third kappa shape index (κ3) is 2.11. The van der Waals surface area contributed by atoms with Crippen LogP contribution in [0.3, 0.4) is 0 Å². The highest BCUT2D eigenvalue weighted by molar-refractivity contribution is 5.83. The second kappa shape index (κ2) is 4.53. The number of carbonyl (C=O) groups excluding carboxylic acids is 1. The third-order valence-corrected chi connectivity index (χ3v) is 4.30. The lowest BCUT2D eigenvalue weighted by Crippen LogP contribution is -2.76. The molecule has 110 valence electrons. The molecule has 0 aromatic heterocycles. The molecule has 0 aromatic carbocycles. The van der Waals surface area contributed by atoms with Crippen molar-refractivity contribution in [2.45, 2.75) is 44.8 Å². The maximum absolute atomic E-state index is 11.8. The molecule has 0 spiro atoms. The number of ether oxygens (including phenoxy) is 1. The summed E-state index contributed by atoms with van der Waals surface area (Å²) in [5, 5.41) is 19.4. The van der Waals surface area contributed by atoms with Crippen molar-refractivity contribution in [1.29, 1.82) is 0 Å². The highest BCUT2D eigenvalue weighted by atomic mass is 16.6. The molecular formula is C15H20O5. The molecule has 0 bridgehead atoms. The van der Waals surface area contributed by atoms with E-state index in [1.165, 1.54) is 0 Å². The quantitative estimate of drug-likeness (QED) is 0.604. The zero-order chi connectivity index (χ0) is 15.2. The van der Waals surface area contributed by atoms with Crippen LogP contribution < -0.4 is 0 Å². The fourth-order valence-corrected chi connectivity index (χ4v) is 3.34. The Balaban J connectivity index is 2.34. The fourth-order valence-electron chi connectivity index (χ4n) is 3.34. The van der Waals surface area contributed by atoms with Gasteiger partial charge in [0.2, 0.25) is 0 Å². The molecule has 2 aliphatic rings. The summed E-state index contributed by atoms with van der Waals surface area (Å²) in [7, 11) is 0. The molecule has 0 amide bonds. The number of aliphatic carboxylic acids is 1. The van der Waals surface area contributed by atoms with Gasteiger partial charge in [-0.05, 0) is 18.6 Å². The number of allylic oxidation sites excluding steroid dienone is 2. The van der Waals surface area contributed by atoms with Gasteiger partial charge < -0.3 is 14.9 Å². The van der Waals surface area contributed by atoms with Crippen LogP contribution in [-0.4, -0.2) is 39.8 Å². The molecule has 2 fully saturated rings. The van der Waals surface area contributed by atoms with Gasteiger partial charge in [0, 0.05) is 24.3 Å². The highest BCUT2D eigenvalue weighted by Gasteiger charge is 2.69. The average molecular weight is 280 g/mol. The van der Waals surface area contributed by atoms with Crippen LogP contribution in [-0.2, 0) is 14.3 Å². The van der Waals surface area contributed by atoms with Crippen molar-refractivity contribution < 1.29 is 24.5 Å². The number of carboxylic acids is 1. The van der Waals surface area contributed by atoms with E-state index in [2.05, 4.69) is 0 Å². The molecule has 1 saturated carbocycles. The Morgan fingerprint density at radius 3 is 2.45 bits per heavy atom. The zero-order valence-electron chi connectivity index (χ0n) is 12.0. The first-order valence-electron chi connectivity index (χ1n) is 6.60. The molecule has 2 rings (SSSR count). The van der Waals surface area contributed by atoms with Crippen molar-refractivity contribution in [2.24, 2.45) is 5.41 Å². The van der Waals surface area contributed by atoms with Gasteiger partial charge >= 0.3 is 5.97 Å². The molecular weight excluding hydrogens is 260 g/mol. The summed E-state index contributed by atoms with van der Waals surface area (Å²) in [6.07, 6.45) is 4.85. The van der Waals surface area contributed by atoms with E-state index in [1.54, 1.807) is 19.1 Å². The van der Waals surface area contributed by atoms with Gasteiger partial charge in [0.15, 0.2) is 0 Å². The van der Waals surface area contributed by atoms with Crippen LogP contribution in [0.1, 0.15) is 33.6 Å². The topological polar surface area (TPSA) is 83.8 Å². The number of hydrogen-bond acceptors (Lipinski definition) is 4. The van der Waals surface area contributed by atoms with E-state index in [0.29, 0.717) is 12.0 Å². The summed E-state index contributed by atoms with van der Waals surface area (Å²) in [6.45, 7) is 5.57. The molecule has 1 heterocycles. The molecule has 1 aliphatic heterocycles. The van der Waals surface area contributed by atoms with Gasteiger partial charge in [-0.15, -0.1) is 0 Å². The molecule has 1 saturated heterocycles. The Morgan fingerprint density at radius 2 is 2.00 bits per heavy atom. The van der Waals surface area contributed by atoms with Crippen LogP contribution in [0.25, 0.3) is 0 Å². The van der Waals surface area contributed by atoms with Gasteiger partial charge in [0.05, 0.1) is 6.61 Å². The first-order chi connectivity index (χ1) is 9.12. The number of aliphatic hydroxyl groups is 1. The molecule has 5 heteroatoms. The van der Waals surface area contributed by atoms with Gasteiger partial charge in [-0.1, -0.05) is 19.9 Å². The first-order valence-corrected chi connectivity index (χ1v) is 6.60. The van der Waals surface area contributed by atoms with Crippen molar-refractivity contribution in [3.8, 4) is 0 Å².